The van der Waals surface area contributed by atoms with Crippen molar-refractivity contribution in [1.29, 1.82) is 0 Å². The van der Waals surface area contributed by atoms with E-state index >= 15 is 0 Å². The topological polar surface area (TPSA) is 38.3 Å². The SMILES string of the molecule is CC[C@H](Oc1ccccc1)C(=O)Nc1c(Cl)cccc1Cl. The number of ether oxygens (including phenoxy) is 1. The van der Waals surface area contributed by atoms with E-state index in [0.29, 0.717) is 27.9 Å². The Bertz CT molecular complexity index is 597. The summed E-state index contributed by atoms with van der Waals surface area (Å²) in [5.74, 6) is 0.362. The first-order valence-electron chi connectivity index (χ1n) is 6.58. The number of amides is 1. The fourth-order valence-corrected chi connectivity index (χ4v) is 2.30. The fraction of sp³-hybridized carbons (Fsp3) is 0.188. The molecule has 0 spiro atoms. The number of benzene rings is 2. The number of hydrogen-bond acceptors (Lipinski definition) is 2. The molecule has 0 heterocycles. The Balaban J connectivity index is 2.10. The number of para-hydroxylation sites is 2. The van der Waals surface area contributed by atoms with Gasteiger partial charge >= 0.3 is 0 Å². The first-order chi connectivity index (χ1) is 10.1. The van der Waals surface area contributed by atoms with Crippen molar-refractivity contribution >= 4 is 34.8 Å². The molecule has 0 saturated carbocycles. The van der Waals surface area contributed by atoms with Crippen LogP contribution in [0.15, 0.2) is 48.5 Å². The normalized spacial score (nSPS) is 11.8. The average Bonchev–Trinajstić information content (AvgIpc) is 2.49. The van der Waals surface area contributed by atoms with Crippen molar-refractivity contribution in [3.05, 3.63) is 58.6 Å². The van der Waals surface area contributed by atoms with Gasteiger partial charge in [-0.2, -0.15) is 0 Å². The van der Waals surface area contributed by atoms with Crippen molar-refractivity contribution in [2.24, 2.45) is 0 Å². The lowest BCUT2D eigenvalue weighted by molar-refractivity contribution is -0.122. The molecule has 1 N–H and O–H groups in total. The number of carbonyl (C=O) groups excluding carboxylic acids is 1. The molecule has 1 atom stereocenters. The summed E-state index contributed by atoms with van der Waals surface area (Å²) in [4.78, 5) is 12.3. The van der Waals surface area contributed by atoms with Crippen LogP contribution >= 0.6 is 23.2 Å². The van der Waals surface area contributed by atoms with Gasteiger partial charge in [0.2, 0.25) is 0 Å². The molecule has 0 unspecified atom stereocenters. The van der Waals surface area contributed by atoms with Gasteiger partial charge in [-0.05, 0) is 30.7 Å². The van der Waals surface area contributed by atoms with E-state index in [0.717, 1.165) is 0 Å². The highest BCUT2D eigenvalue weighted by Crippen LogP contribution is 2.30. The predicted molar refractivity (Wildman–Crippen MR) is 86.2 cm³/mol. The lowest BCUT2D eigenvalue weighted by atomic mass is 10.2. The molecule has 0 aliphatic carbocycles. The largest absolute Gasteiger partial charge is 0.481 e. The fourth-order valence-electron chi connectivity index (χ4n) is 1.81. The van der Waals surface area contributed by atoms with Crippen molar-refractivity contribution in [2.75, 3.05) is 5.32 Å². The summed E-state index contributed by atoms with van der Waals surface area (Å²) in [6, 6.07) is 14.3. The lowest BCUT2D eigenvalue weighted by Crippen LogP contribution is -2.32. The van der Waals surface area contributed by atoms with Gasteiger partial charge in [0.05, 0.1) is 15.7 Å². The monoisotopic (exact) mass is 323 g/mol. The van der Waals surface area contributed by atoms with Gasteiger partial charge in [0, 0.05) is 0 Å². The lowest BCUT2D eigenvalue weighted by Gasteiger charge is -2.18. The third kappa shape index (κ3) is 4.13. The second-order valence-corrected chi connectivity index (χ2v) is 5.23. The maximum absolute atomic E-state index is 12.3. The van der Waals surface area contributed by atoms with Crippen LogP contribution < -0.4 is 10.1 Å². The Kier molecular flexibility index (Phi) is 5.48. The number of anilines is 1. The van der Waals surface area contributed by atoms with Crippen LogP contribution in [0.1, 0.15) is 13.3 Å². The van der Waals surface area contributed by atoms with Gasteiger partial charge in [0.15, 0.2) is 6.10 Å². The molecular weight excluding hydrogens is 309 g/mol. The zero-order valence-corrected chi connectivity index (χ0v) is 13.0. The molecule has 21 heavy (non-hydrogen) atoms. The minimum absolute atomic E-state index is 0.281. The molecule has 2 aromatic carbocycles. The number of carbonyl (C=O) groups is 1. The van der Waals surface area contributed by atoms with Crippen LogP contribution in [0.2, 0.25) is 10.0 Å². The molecule has 0 radical (unpaired) electrons. The van der Waals surface area contributed by atoms with Crippen molar-refractivity contribution in [2.45, 2.75) is 19.4 Å². The molecule has 0 aliphatic rings. The van der Waals surface area contributed by atoms with E-state index in [1.165, 1.54) is 0 Å². The van der Waals surface area contributed by atoms with Gasteiger partial charge in [0.25, 0.3) is 5.91 Å². The van der Waals surface area contributed by atoms with Gasteiger partial charge in [-0.3, -0.25) is 4.79 Å². The number of rotatable bonds is 5. The summed E-state index contributed by atoms with van der Waals surface area (Å²) in [7, 11) is 0. The van der Waals surface area contributed by atoms with Crippen LogP contribution in [0.3, 0.4) is 0 Å². The third-order valence-corrected chi connectivity index (χ3v) is 3.53. The van der Waals surface area contributed by atoms with Gasteiger partial charge in [-0.15, -0.1) is 0 Å². The van der Waals surface area contributed by atoms with Crippen molar-refractivity contribution in [3.63, 3.8) is 0 Å². The second-order valence-electron chi connectivity index (χ2n) is 4.41. The molecular formula is C16H15Cl2NO2. The first-order valence-corrected chi connectivity index (χ1v) is 7.34. The summed E-state index contributed by atoms with van der Waals surface area (Å²) in [5.41, 5.74) is 0.404. The summed E-state index contributed by atoms with van der Waals surface area (Å²) in [6.07, 6.45) is -0.0808. The van der Waals surface area contributed by atoms with E-state index in [-0.39, 0.29) is 5.91 Å². The van der Waals surface area contributed by atoms with Crippen LogP contribution in [-0.4, -0.2) is 12.0 Å². The Morgan fingerprint density at radius 2 is 1.71 bits per heavy atom. The van der Waals surface area contributed by atoms with Crippen LogP contribution in [-0.2, 0) is 4.79 Å². The highest BCUT2D eigenvalue weighted by Gasteiger charge is 2.20. The third-order valence-electron chi connectivity index (χ3n) is 2.90. The molecule has 0 aliphatic heterocycles. The maximum Gasteiger partial charge on any atom is 0.265 e. The van der Waals surface area contributed by atoms with E-state index in [1.54, 1.807) is 30.3 Å². The summed E-state index contributed by atoms with van der Waals surface area (Å²) < 4.78 is 5.68. The van der Waals surface area contributed by atoms with Crippen molar-refractivity contribution in [3.8, 4) is 5.75 Å². The Labute approximate surface area is 133 Å². The number of halogens is 2. The molecule has 3 nitrogen and oxygen atoms in total. The minimum Gasteiger partial charge on any atom is -0.481 e. The molecule has 0 saturated heterocycles. The molecule has 5 heteroatoms. The number of nitrogens with one attached hydrogen (secondary N) is 1. The minimum atomic E-state index is -0.611. The van der Waals surface area contributed by atoms with Gasteiger partial charge in [-0.1, -0.05) is 54.4 Å². The molecule has 2 rings (SSSR count). The van der Waals surface area contributed by atoms with Crippen LogP contribution in [0, 0.1) is 0 Å². The van der Waals surface area contributed by atoms with Gasteiger partial charge < -0.3 is 10.1 Å². The highest BCUT2D eigenvalue weighted by molar-refractivity contribution is 6.39. The quantitative estimate of drug-likeness (QED) is 0.859. The molecule has 0 fully saturated rings. The second kappa shape index (κ2) is 7.34. The van der Waals surface area contributed by atoms with E-state index in [1.807, 2.05) is 25.1 Å². The van der Waals surface area contributed by atoms with Gasteiger partial charge in [0.1, 0.15) is 5.75 Å². The van der Waals surface area contributed by atoms with Gasteiger partial charge in [-0.25, -0.2) is 0 Å². The molecule has 2 aromatic rings. The van der Waals surface area contributed by atoms with Crippen molar-refractivity contribution in [1.82, 2.24) is 0 Å². The Morgan fingerprint density at radius 3 is 2.29 bits per heavy atom. The van der Waals surface area contributed by atoms with E-state index < -0.39 is 6.10 Å². The summed E-state index contributed by atoms with van der Waals surface area (Å²) in [6.45, 7) is 1.88. The predicted octanol–water partition coefficient (Wildman–Crippen LogP) is 4.79. The molecule has 1 amide bonds. The average molecular weight is 324 g/mol. The first kappa shape index (κ1) is 15.7. The summed E-state index contributed by atoms with van der Waals surface area (Å²) >= 11 is 12.1. The Morgan fingerprint density at radius 1 is 1.10 bits per heavy atom. The van der Waals surface area contributed by atoms with Crippen LogP contribution in [0.25, 0.3) is 0 Å². The zero-order chi connectivity index (χ0) is 15.2. The van der Waals surface area contributed by atoms with E-state index in [9.17, 15) is 4.79 Å². The zero-order valence-electron chi connectivity index (χ0n) is 11.5. The van der Waals surface area contributed by atoms with Crippen LogP contribution in [0.4, 0.5) is 5.69 Å². The number of hydrogen-bond donors (Lipinski definition) is 1. The van der Waals surface area contributed by atoms with Crippen LogP contribution in [0.5, 0.6) is 5.75 Å². The molecule has 0 bridgehead atoms. The molecule has 0 aromatic heterocycles. The smallest absolute Gasteiger partial charge is 0.265 e. The summed E-state index contributed by atoms with van der Waals surface area (Å²) in [5, 5.41) is 3.51. The van der Waals surface area contributed by atoms with E-state index in [4.69, 9.17) is 27.9 Å². The maximum atomic E-state index is 12.3. The van der Waals surface area contributed by atoms with Crippen molar-refractivity contribution < 1.29 is 9.53 Å². The van der Waals surface area contributed by atoms with E-state index in [2.05, 4.69) is 5.32 Å². The molecule has 110 valence electrons. The Hall–Kier alpha value is -1.71. The highest BCUT2D eigenvalue weighted by atomic mass is 35.5. The standard InChI is InChI=1S/C16H15Cl2NO2/c1-2-14(21-11-7-4-3-5-8-11)16(20)19-15-12(17)9-6-10-13(15)18/h3-10,14H,2H2,1H3,(H,19,20)/t14-/m0/s1.